The molecule has 0 spiro atoms. The van der Waals surface area contributed by atoms with Crippen LogP contribution in [-0.4, -0.2) is 24.7 Å². The van der Waals surface area contributed by atoms with Gasteiger partial charge in [0.15, 0.2) is 9.84 Å². The van der Waals surface area contributed by atoms with E-state index in [2.05, 4.69) is 21.1 Å². The molecule has 0 amide bonds. The molecule has 0 aliphatic carbocycles. The van der Waals surface area contributed by atoms with Crippen molar-refractivity contribution in [3.05, 3.63) is 45.3 Å². The van der Waals surface area contributed by atoms with Gasteiger partial charge in [0.05, 0.1) is 16.2 Å². The van der Waals surface area contributed by atoms with Crippen LogP contribution in [0.1, 0.15) is 27.4 Å². The molecule has 0 bridgehead atoms. The van der Waals surface area contributed by atoms with Gasteiger partial charge in [-0.15, -0.1) is 0 Å². The number of hydrogen-bond donors (Lipinski definition) is 1. The third-order valence-electron chi connectivity index (χ3n) is 2.89. The Balaban J connectivity index is 2.51. The van der Waals surface area contributed by atoms with E-state index in [1.165, 1.54) is 12.1 Å². The number of halogens is 1. The van der Waals surface area contributed by atoms with Crippen molar-refractivity contribution in [2.24, 2.45) is 0 Å². The Morgan fingerprint density at radius 3 is 2.52 bits per heavy atom. The quantitative estimate of drug-likeness (QED) is 0.884. The number of sulfone groups is 1. The summed E-state index contributed by atoms with van der Waals surface area (Å²) >= 11 is 3.19. The summed E-state index contributed by atoms with van der Waals surface area (Å²) in [5.74, 6) is -1.03. The standard InChI is InChI=1S/C13H12BrNO5S/c1-7-3-10(15-20-7)6-21(18,19)12-5-9(13(16)17)4-11(14)8(12)2/h3-5H,6H2,1-2H3,(H,16,17). The number of benzene rings is 1. The first-order chi connectivity index (χ1) is 9.70. The van der Waals surface area contributed by atoms with Gasteiger partial charge in [0.2, 0.25) is 0 Å². The first-order valence-electron chi connectivity index (χ1n) is 5.89. The van der Waals surface area contributed by atoms with Gasteiger partial charge in [-0.2, -0.15) is 0 Å². The topological polar surface area (TPSA) is 97.5 Å². The van der Waals surface area contributed by atoms with Crippen molar-refractivity contribution in [2.45, 2.75) is 24.5 Å². The number of aromatic nitrogens is 1. The predicted octanol–water partition coefficient (Wildman–Crippen LogP) is 2.73. The molecule has 21 heavy (non-hydrogen) atoms. The van der Waals surface area contributed by atoms with Gasteiger partial charge in [-0.25, -0.2) is 13.2 Å². The Morgan fingerprint density at radius 1 is 1.33 bits per heavy atom. The number of aryl methyl sites for hydroxylation is 1. The predicted molar refractivity (Wildman–Crippen MR) is 78.0 cm³/mol. The highest BCUT2D eigenvalue weighted by Crippen LogP contribution is 2.28. The van der Waals surface area contributed by atoms with E-state index in [4.69, 9.17) is 9.63 Å². The Kier molecular flexibility index (Phi) is 4.20. The van der Waals surface area contributed by atoms with Gasteiger partial charge >= 0.3 is 5.97 Å². The molecule has 0 aliphatic heterocycles. The van der Waals surface area contributed by atoms with Gasteiger partial charge in [0.1, 0.15) is 11.5 Å². The van der Waals surface area contributed by atoms with Crippen LogP contribution in [-0.2, 0) is 15.6 Å². The number of aromatic carboxylic acids is 1. The fourth-order valence-corrected chi connectivity index (χ4v) is 4.01. The Morgan fingerprint density at radius 2 is 2.00 bits per heavy atom. The number of rotatable bonds is 4. The molecule has 2 aromatic rings. The maximum atomic E-state index is 12.5. The minimum absolute atomic E-state index is 0.0325. The summed E-state index contributed by atoms with van der Waals surface area (Å²) in [4.78, 5) is 11.0. The molecule has 6 nitrogen and oxygen atoms in total. The summed E-state index contributed by atoms with van der Waals surface area (Å²) in [6.07, 6.45) is 0. The van der Waals surface area contributed by atoms with Crippen LogP contribution >= 0.6 is 15.9 Å². The van der Waals surface area contributed by atoms with Crippen LogP contribution in [0.3, 0.4) is 0 Å². The fourth-order valence-electron chi connectivity index (χ4n) is 1.86. The lowest BCUT2D eigenvalue weighted by molar-refractivity contribution is 0.0696. The van der Waals surface area contributed by atoms with E-state index in [-0.39, 0.29) is 21.9 Å². The highest BCUT2D eigenvalue weighted by molar-refractivity contribution is 9.10. The average Bonchev–Trinajstić information content (AvgIpc) is 2.76. The molecule has 0 aliphatic rings. The molecular weight excluding hydrogens is 362 g/mol. The zero-order chi connectivity index (χ0) is 15.8. The molecule has 0 unspecified atom stereocenters. The molecule has 0 radical (unpaired) electrons. The largest absolute Gasteiger partial charge is 0.478 e. The zero-order valence-corrected chi connectivity index (χ0v) is 13.7. The highest BCUT2D eigenvalue weighted by Gasteiger charge is 2.23. The van der Waals surface area contributed by atoms with E-state index < -0.39 is 15.8 Å². The second kappa shape index (κ2) is 5.61. The molecule has 0 fully saturated rings. The van der Waals surface area contributed by atoms with Crippen molar-refractivity contribution in [1.82, 2.24) is 5.16 Å². The van der Waals surface area contributed by atoms with E-state index in [0.29, 0.717) is 15.8 Å². The monoisotopic (exact) mass is 373 g/mol. The lowest BCUT2D eigenvalue weighted by Gasteiger charge is -2.09. The SMILES string of the molecule is Cc1cc(CS(=O)(=O)c2cc(C(=O)O)cc(Br)c2C)no1. The molecule has 1 aromatic heterocycles. The number of nitrogens with zero attached hydrogens (tertiary/aromatic N) is 1. The van der Waals surface area contributed by atoms with Crippen molar-refractivity contribution >= 4 is 31.7 Å². The molecule has 1 heterocycles. The van der Waals surface area contributed by atoms with E-state index >= 15 is 0 Å². The van der Waals surface area contributed by atoms with Crippen LogP contribution in [0.2, 0.25) is 0 Å². The van der Waals surface area contributed by atoms with Crippen LogP contribution in [0.4, 0.5) is 0 Å². The summed E-state index contributed by atoms with van der Waals surface area (Å²) in [5, 5.41) is 12.7. The second-order valence-electron chi connectivity index (χ2n) is 4.57. The second-order valence-corrected chi connectivity index (χ2v) is 7.39. The molecule has 2 rings (SSSR count). The molecular formula is C13H12BrNO5S. The number of hydrogen-bond acceptors (Lipinski definition) is 5. The molecule has 1 aromatic carbocycles. The van der Waals surface area contributed by atoms with Crippen LogP contribution in [0, 0.1) is 13.8 Å². The zero-order valence-electron chi connectivity index (χ0n) is 11.3. The molecule has 0 saturated carbocycles. The minimum atomic E-state index is -3.73. The molecule has 0 saturated heterocycles. The van der Waals surface area contributed by atoms with E-state index in [1.54, 1.807) is 13.8 Å². The third-order valence-corrected chi connectivity index (χ3v) is 5.49. The van der Waals surface area contributed by atoms with Crippen LogP contribution in [0.5, 0.6) is 0 Å². The average molecular weight is 374 g/mol. The Bertz CT molecular complexity index is 810. The van der Waals surface area contributed by atoms with E-state index in [9.17, 15) is 13.2 Å². The van der Waals surface area contributed by atoms with Gasteiger partial charge in [0.25, 0.3) is 0 Å². The van der Waals surface area contributed by atoms with E-state index in [1.807, 2.05) is 0 Å². The molecule has 1 N–H and O–H groups in total. The summed E-state index contributed by atoms with van der Waals surface area (Å²) in [7, 11) is -3.73. The van der Waals surface area contributed by atoms with Gasteiger partial charge < -0.3 is 9.63 Å². The lowest BCUT2D eigenvalue weighted by atomic mass is 10.1. The van der Waals surface area contributed by atoms with E-state index in [0.717, 1.165) is 6.07 Å². The molecule has 112 valence electrons. The van der Waals surface area contributed by atoms with Gasteiger partial charge in [-0.3, -0.25) is 0 Å². The maximum Gasteiger partial charge on any atom is 0.335 e. The Hall–Kier alpha value is -1.67. The minimum Gasteiger partial charge on any atom is -0.478 e. The number of carboxylic acid groups (broad SMARTS) is 1. The summed E-state index contributed by atoms with van der Waals surface area (Å²) in [5.41, 5.74) is 0.645. The Labute approximate surface area is 129 Å². The van der Waals surface area contributed by atoms with Crippen molar-refractivity contribution in [3.8, 4) is 0 Å². The smallest absolute Gasteiger partial charge is 0.335 e. The highest BCUT2D eigenvalue weighted by atomic mass is 79.9. The van der Waals surface area contributed by atoms with Gasteiger partial charge in [0, 0.05) is 10.5 Å². The maximum absolute atomic E-state index is 12.5. The van der Waals surface area contributed by atoms with Crippen LogP contribution in [0.25, 0.3) is 0 Å². The van der Waals surface area contributed by atoms with Crippen molar-refractivity contribution in [2.75, 3.05) is 0 Å². The third kappa shape index (κ3) is 3.33. The fraction of sp³-hybridized carbons (Fsp3) is 0.231. The van der Waals surface area contributed by atoms with Crippen molar-refractivity contribution < 1.29 is 22.8 Å². The van der Waals surface area contributed by atoms with Crippen LogP contribution < -0.4 is 0 Å². The first-order valence-corrected chi connectivity index (χ1v) is 8.33. The summed E-state index contributed by atoms with van der Waals surface area (Å²) in [6.45, 7) is 3.27. The number of carbonyl (C=O) groups is 1. The lowest BCUT2D eigenvalue weighted by Crippen LogP contribution is -2.09. The molecule has 8 heteroatoms. The van der Waals surface area contributed by atoms with Crippen molar-refractivity contribution in [3.63, 3.8) is 0 Å². The van der Waals surface area contributed by atoms with Crippen molar-refractivity contribution in [1.29, 1.82) is 0 Å². The summed E-state index contributed by atoms with van der Waals surface area (Å²) < 4.78 is 30.2. The first kappa shape index (κ1) is 15.7. The summed E-state index contributed by atoms with van der Waals surface area (Å²) in [6, 6.07) is 4.06. The molecule has 0 atom stereocenters. The number of carboxylic acids is 1. The van der Waals surface area contributed by atoms with Crippen LogP contribution in [0.15, 0.2) is 32.1 Å². The van der Waals surface area contributed by atoms with Gasteiger partial charge in [-0.1, -0.05) is 21.1 Å². The van der Waals surface area contributed by atoms with Gasteiger partial charge in [-0.05, 0) is 31.5 Å². The normalized spacial score (nSPS) is 11.6.